The zero-order valence-electron chi connectivity index (χ0n) is 32.8. The molecule has 0 unspecified atom stereocenters. The summed E-state index contributed by atoms with van der Waals surface area (Å²) < 4.78 is 7.49. The smallest absolute Gasteiger partial charge is 0.0788 e. The second kappa shape index (κ2) is 12.4. The lowest BCUT2D eigenvalue weighted by Crippen LogP contribution is -1.95. The molecule has 0 bridgehead atoms. The quantitative estimate of drug-likeness (QED) is 0.174. The van der Waals surface area contributed by atoms with Gasteiger partial charge in [-0.2, -0.15) is 0 Å². The van der Waals surface area contributed by atoms with E-state index in [-0.39, 0.29) is 0 Å². The molecule has 3 nitrogen and oxygen atoms in total. The van der Waals surface area contributed by atoms with Crippen molar-refractivity contribution in [1.82, 2.24) is 14.1 Å². The Bertz CT molecular complexity index is 4010. The molecule has 0 aliphatic rings. The Balaban J connectivity index is 0.953. The van der Waals surface area contributed by atoms with Crippen molar-refractivity contribution in [3.8, 4) is 33.8 Å². The number of benzene rings is 10. The summed E-state index contributed by atoms with van der Waals surface area (Å²) in [5.41, 5.74) is 12.5. The Morgan fingerprint density at radius 1 is 0.344 bits per heavy atom. The van der Waals surface area contributed by atoms with Crippen LogP contribution in [0, 0.1) is 0 Å². The van der Waals surface area contributed by atoms with Gasteiger partial charge in [-0.1, -0.05) is 115 Å². The molecule has 14 aromatic rings. The van der Waals surface area contributed by atoms with E-state index < -0.39 is 0 Å². The van der Waals surface area contributed by atoms with Crippen molar-refractivity contribution in [3.05, 3.63) is 200 Å². The van der Waals surface area contributed by atoms with E-state index in [0.29, 0.717) is 0 Å². The van der Waals surface area contributed by atoms with E-state index in [4.69, 9.17) is 4.98 Å². The molecule has 0 saturated heterocycles. The fourth-order valence-corrected chi connectivity index (χ4v) is 11.5. The third-order valence-corrected chi connectivity index (χ3v) is 14.1. The molecule has 0 atom stereocenters. The van der Waals surface area contributed by atoms with Crippen molar-refractivity contribution in [3.63, 3.8) is 0 Å². The maximum atomic E-state index is 5.40. The number of pyridine rings is 1. The number of rotatable bonds is 4. The molecule has 14 rings (SSSR count). The Hall–Kier alpha value is -7.79. The van der Waals surface area contributed by atoms with Gasteiger partial charge in [0.25, 0.3) is 0 Å². The molecule has 282 valence electrons. The molecule has 10 aromatic carbocycles. The van der Waals surface area contributed by atoms with Crippen LogP contribution in [0.4, 0.5) is 0 Å². The van der Waals surface area contributed by atoms with Crippen LogP contribution in [0.3, 0.4) is 0 Å². The summed E-state index contributed by atoms with van der Waals surface area (Å²) in [7, 11) is 0. The van der Waals surface area contributed by atoms with Crippen LogP contribution in [0.2, 0.25) is 0 Å². The van der Waals surface area contributed by atoms with Gasteiger partial charge in [0.05, 0.1) is 33.3 Å². The standard InChI is InChI=1S/C57H33N3S/c1-2-13-41(14-3-1)59-47-17-7-5-15-43(47)45-33-40(25-27-48(45)59)57-44(32-39-10-4-6-16-46(39)58-57)38-21-20-37-31-42(26-22-36(37)30-38)60-49-28-23-34-11-8-18-51-53(34)55(49)56-50(60)29-24-35-12-9-19-52(61-51)54(35)56/h1-33H. The first-order chi connectivity index (χ1) is 30.2. The van der Waals surface area contributed by atoms with Crippen LogP contribution >= 0.6 is 11.3 Å². The summed E-state index contributed by atoms with van der Waals surface area (Å²) in [5.74, 6) is 0. The van der Waals surface area contributed by atoms with Gasteiger partial charge in [0, 0.05) is 69.6 Å². The minimum absolute atomic E-state index is 0.983. The number of hydrogen-bond acceptors (Lipinski definition) is 2. The molecule has 0 N–H and O–H groups in total. The van der Waals surface area contributed by atoms with Gasteiger partial charge in [0.1, 0.15) is 0 Å². The highest BCUT2D eigenvalue weighted by Crippen LogP contribution is 2.47. The SMILES string of the molecule is c1ccc(-n2c3ccccc3c3cc(-c4nc5ccccc5cc4-c4ccc5cc(-n6c7ccc8cccc9sc%10cccc%11ccc6c(c%11%10)c7c89)ccc5c4)ccc32)cc1. The average Bonchev–Trinajstić information content (AvgIpc) is 3.78. The van der Waals surface area contributed by atoms with Gasteiger partial charge >= 0.3 is 0 Å². The minimum atomic E-state index is 0.983. The second-order valence-corrected chi connectivity index (χ2v) is 17.4. The number of fused-ring (bicyclic) bond motifs is 5. The number of aromatic nitrogens is 3. The van der Waals surface area contributed by atoms with Crippen LogP contribution in [0.15, 0.2) is 200 Å². The van der Waals surface area contributed by atoms with Crippen molar-refractivity contribution >= 4 is 108 Å². The van der Waals surface area contributed by atoms with Gasteiger partial charge in [-0.15, -0.1) is 11.3 Å². The molecule has 61 heavy (non-hydrogen) atoms. The summed E-state index contributed by atoms with van der Waals surface area (Å²) in [6, 6.07) is 73.6. The molecule has 0 radical (unpaired) electrons. The molecule has 0 spiro atoms. The predicted octanol–water partition coefficient (Wildman–Crippen LogP) is 15.9. The second-order valence-electron chi connectivity index (χ2n) is 16.3. The Morgan fingerprint density at radius 3 is 1.75 bits per heavy atom. The van der Waals surface area contributed by atoms with Gasteiger partial charge in [-0.25, -0.2) is 4.98 Å². The number of hydrogen-bond donors (Lipinski definition) is 0. The molecular formula is C57H33N3S. The molecule has 4 heterocycles. The van der Waals surface area contributed by atoms with Crippen LogP contribution in [-0.4, -0.2) is 14.1 Å². The highest BCUT2D eigenvalue weighted by Gasteiger charge is 2.21. The van der Waals surface area contributed by atoms with Crippen LogP contribution < -0.4 is 0 Å². The molecule has 4 heteroatoms. The van der Waals surface area contributed by atoms with Gasteiger partial charge in [-0.3, -0.25) is 0 Å². The maximum Gasteiger partial charge on any atom is 0.0788 e. The predicted molar refractivity (Wildman–Crippen MR) is 260 cm³/mol. The van der Waals surface area contributed by atoms with Crippen LogP contribution in [-0.2, 0) is 0 Å². The fraction of sp³-hybridized carbons (Fsp3) is 0. The first kappa shape index (κ1) is 33.1. The van der Waals surface area contributed by atoms with Gasteiger partial charge in [0.15, 0.2) is 0 Å². The van der Waals surface area contributed by atoms with Crippen LogP contribution in [0.5, 0.6) is 0 Å². The highest BCUT2D eigenvalue weighted by atomic mass is 32.1. The summed E-state index contributed by atoms with van der Waals surface area (Å²) in [5, 5.41) is 13.9. The zero-order chi connectivity index (χ0) is 39.8. The van der Waals surface area contributed by atoms with E-state index in [2.05, 4.69) is 209 Å². The lowest BCUT2D eigenvalue weighted by atomic mass is 9.94. The van der Waals surface area contributed by atoms with Gasteiger partial charge in [-0.05, 0) is 112 Å². The van der Waals surface area contributed by atoms with Crippen molar-refractivity contribution in [2.45, 2.75) is 0 Å². The first-order valence-electron chi connectivity index (χ1n) is 20.9. The van der Waals surface area contributed by atoms with Crippen LogP contribution in [0.1, 0.15) is 0 Å². The van der Waals surface area contributed by atoms with Crippen LogP contribution in [0.25, 0.3) is 130 Å². The summed E-state index contributed by atoms with van der Waals surface area (Å²) >= 11 is 1.90. The van der Waals surface area contributed by atoms with Gasteiger partial charge in [0.2, 0.25) is 0 Å². The number of nitrogens with zero attached hydrogens (tertiary/aromatic N) is 3. The average molecular weight is 792 g/mol. The van der Waals surface area contributed by atoms with Crippen molar-refractivity contribution < 1.29 is 0 Å². The third-order valence-electron chi connectivity index (χ3n) is 13.0. The minimum Gasteiger partial charge on any atom is -0.309 e. The Morgan fingerprint density at radius 2 is 0.951 bits per heavy atom. The normalized spacial score (nSPS) is 12.3. The molecular weight excluding hydrogens is 759 g/mol. The van der Waals surface area contributed by atoms with Crippen molar-refractivity contribution in [2.75, 3.05) is 0 Å². The van der Waals surface area contributed by atoms with Crippen molar-refractivity contribution in [1.29, 1.82) is 0 Å². The molecule has 0 aliphatic heterocycles. The molecule has 0 amide bonds. The van der Waals surface area contributed by atoms with E-state index in [9.17, 15) is 0 Å². The summed E-state index contributed by atoms with van der Waals surface area (Å²) in [4.78, 5) is 5.40. The summed E-state index contributed by atoms with van der Waals surface area (Å²) in [6.45, 7) is 0. The van der Waals surface area contributed by atoms with Crippen molar-refractivity contribution in [2.24, 2.45) is 0 Å². The van der Waals surface area contributed by atoms with Gasteiger partial charge < -0.3 is 9.13 Å². The molecule has 4 aromatic heterocycles. The lowest BCUT2D eigenvalue weighted by Gasteiger charge is -2.14. The lowest BCUT2D eigenvalue weighted by molar-refractivity contribution is 1.18. The van der Waals surface area contributed by atoms with E-state index in [1.54, 1.807) is 0 Å². The molecule has 0 aliphatic carbocycles. The zero-order valence-corrected chi connectivity index (χ0v) is 33.6. The van der Waals surface area contributed by atoms with E-state index in [1.807, 2.05) is 11.3 Å². The Kier molecular flexibility index (Phi) is 6.71. The van der Waals surface area contributed by atoms with E-state index in [0.717, 1.165) is 44.7 Å². The first-order valence-corrected chi connectivity index (χ1v) is 21.7. The third kappa shape index (κ3) is 4.71. The molecule has 0 fully saturated rings. The maximum absolute atomic E-state index is 5.40. The van der Waals surface area contributed by atoms with E-state index in [1.165, 1.54) is 85.3 Å². The molecule has 0 saturated carbocycles. The fourth-order valence-electron chi connectivity index (χ4n) is 10.3. The monoisotopic (exact) mass is 791 g/mol. The topological polar surface area (TPSA) is 22.8 Å². The number of para-hydroxylation sites is 3. The Labute approximate surface area is 353 Å². The van der Waals surface area contributed by atoms with E-state index >= 15 is 0 Å². The highest BCUT2D eigenvalue weighted by molar-refractivity contribution is 7.24. The largest absolute Gasteiger partial charge is 0.309 e. The summed E-state index contributed by atoms with van der Waals surface area (Å²) in [6.07, 6.45) is 0.